The van der Waals surface area contributed by atoms with Gasteiger partial charge in [0, 0.05) is 0 Å². The number of halogens is 2. The molecule has 0 aromatic heterocycles. The summed E-state index contributed by atoms with van der Waals surface area (Å²) in [6.07, 6.45) is 0. The van der Waals surface area contributed by atoms with Crippen molar-refractivity contribution < 1.29 is 8.82 Å². The summed E-state index contributed by atoms with van der Waals surface area (Å²) in [6, 6.07) is 25.7. The Kier molecular flexibility index (Phi) is 5.85. The fraction of sp³-hybridized carbons (Fsp3) is 0.217. The third-order valence-corrected chi connectivity index (χ3v) is 10.1. The molecule has 0 amide bonds. The fourth-order valence-electron chi connectivity index (χ4n) is 3.58. The summed E-state index contributed by atoms with van der Waals surface area (Å²) in [5.41, 5.74) is 0.870. The lowest BCUT2D eigenvalue weighted by Crippen LogP contribution is -2.66. The number of benzene rings is 3. The van der Waals surface area contributed by atoms with Crippen molar-refractivity contribution in [2.24, 2.45) is 0 Å². The SMILES string of the molecule is CC(C)(C)[Si](OCc1ccc(F)c(Cl)c1)(c1ccccc1)c1ccccc1. The van der Waals surface area contributed by atoms with Crippen LogP contribution in [0.2, 0.25) is 10.1 Å². The van der Waals surface area contributed by atoms with Crippen molar-refractivity contribution >= 4 is 30.3 Å². The Morgan fingerprint density at radius 1 is 0.852 bits per heavy atom. The minimum atomic E-state index is -2.60. The predicted octanol–water partition coefficient (Wildman–Crippen LogP) is 5.56. The van der Waals surface area contributed by atoms with Crippen molar-refractivity contribution in [2.75, 3.05) is 0 Å². The molecule has 0 atom stereocenters. The van der Waals surface area contributed by atoms with Crippen molar-refractivity contribution in [3.05, 3.63) is 95.3 Å². The molecule has 0 saturated heterocycles. The van der Waals surface area contributed by atoms with Crippen LogP contribution in [0.1, 0.15) is 26.3 Å². The van der Waals surface area contributed by atoms with Crippen LogP contribution in [-0.4, -0.2) is 8.32 Å². The summed E-state index contributed by atoms with van der Waals surface area (Å²) < 4.78 is 20.3. The second kappa shape index (κ2) is 7.97. The lowest BCUT2D eigenvalue weighted by atomic mass is 10.2. The zero-order chi connectivity index (χ0) is 19.5. The quantitative estimate of drug-likeness (QED) is 0.511. The molecule has 4 heteroatoms. The zero-order valence-electron chi connectivity index (χ0n) is 15.9. The maximum Gasteiger partial charge on any atom is 0.261 e. The molecule has 1 nitrogen and oxygen atoms in total. The van der Waals surface area contributed by atoms with E-state index in [0.29, 0.717) is 6.61 Å². The zero-order valence-corrected chi connectivity index (χ0v) is 17.6. The first kappa shape index (κ1) is 19.8. The highest BCUT2D eigenvalue weighted by Crippen LogP contribution is 2.37. The molecule has 3 rings (SSSR count). The number of hydrogen-bond donors (Lipinski definition) is 0. The van der Waals surface area contributed by atoms with Crippen LogP contribution in [-0.2, 0) is 11.0 Å². The fourth-order valence-corrected chi connectivity index (χ4v) is 8.32. The van der Waals surface area contributed by atoms with Crippen LogP contribution in [0.5, 0.6) is 0 Å². The highest BCUT2D eigenvalue weighted by atomic mass is 35.5. The van der Waals surface area contributed by atoms with E-state index >= 15 is 0 Å². The molecule has 3 aromatic carbocycles. The standard InChI is InChI=1S/C23H24ClFOSi/c1-23(2,3)27(19-10-6-4-7-11-19,20-12-8-5-9-13-20)26-17-18-14-15-22(25)21(24)16-18/h4-16H,17H2,1-3H3. The minimum absolute atomic E-state index is 0.0977. The lowest BCUT2D eigenvalue weighted by molar-refractivity contribution is 0.286. The van der Waals surface area contributed by atoms with E-state index < -0.39 is 14.1 Å². The van der Waals surface area contributed by atoms with Gasteiger partial charge in [0.25, 0.3) is 8.32 Å². The molecule has 3 aromatic rings. The molecular formula is C23H24ClFOSi. The van der Waals surface area contributed by atoms with Crippen molar-refractivity contribution in [1.29, 1.82) is 0 Å². The van der Waals surface area contributed by atoms with Gasteiger partial charge in [-0.3, -0.25) is 0 Å². The Morgan fingerprint density at radius 2 is 1.37 bits per heavy atom. The average molecular weight is 399 g/mol. The van der Waals surface area contributed by atoms with Crippen LogP contribution in [0, 0.1) is 5.82 Å². The predicted molar refractivity (Wildman–Crippen MR) is 114 cm³/mol. The van der Waals surface area contributed by atoms with E-state index in [1.165, 1.54) is 16.4 Å². The van der Waals surface area contributed by atoms with Gasteiger partial charge in [-0.1, -0.05) is 99.1 Å². The second-order valence-corrected chi connectivity index (χ2v) is 12.4. The van der Waals surface area contributed by atoms with Gasteiger partial charge in [0.2, 0.25) is 0 Å². The van der Waals surface area contributed by atoms with Gasteiger partial charge in [-0.05, 0) is 33.1 Å². The molecule has 0 radical (unpaired) electrons. The van der Waals surface area contributed by atoms with Gasteiger partial charge in [0.05, 0.1) is 11.6 Å². The Hall–Kier alpha value is -1.94. The van der Waals surface area contributed by atoms with Crippen molar-refractivity contribution in [2.45, 2.75) is 32.4 Å². The van der Waals surface area contributed by atoms with Crippen molar-refractivity contribution in [1.82, 2.24) is 0 Å². The molecular weight excluding hydrogens is 375 g/mol. The van der Waals surface area contributed by atoms with Crippen LogP contribution in [0.25, 0.3) is 0 Å². The molecule has 0 spiro atoms. The normalized spacial score (nSPS) is 12.2. The van der Waals surface area contributed by atoms with Gasteiger partial charge < -0.3 is 4.43 Å². The molecule has 140 valence electrons. The molecule has 27 heavy (non-hydrogen) atoms. The first-order valence-corrected chi connectivity index (χ1v) is 11.3. The van der Waals surface area contributed by atoms with Crippen molar-refractivity contribution in [3.8, 4) is 0 Å². The largest absolute Gasteiger partial charge is 0.403 e. The summed E-state index contributed by atoms with van der Waals surface area (Å²) in [5, 5.41) is 2.46. The maximum atomic E-state index is 13.5. The van der Waals surface area contributed by atoms with Gasteiger partial charge in [-0.2, -0.15) is 0 Å². The Bertz CT molecular complexity index is 852. The topological polar surface area (TPSA) is 9.23 Å². The van der Waals surface area contributed by atoms with E-state index in [1.807, 2.05) is 12.1 Å². The van der Waals surface area contributed by atoms with E-state index in [4.69, 9.17) is 16.0 Å². The third-order valence-electron chi connectivity index (χ3n) is 4.86. The molecule has 0 unspecified atom stereocenters. The Labute approximate surface area is 166 Å². The van der Waals surface area contributed by atoms with E-state index in [0.717, 1.165) is 5.56 Å². The van der Waals surface area contributed by atoms with Crippen LogP contribution < -0.4 is 10.4 Å². The molecule has 0 aliphatic rings. The lowest BCUT2D eigenvalue weighted by Gasteiger charge is -2.43. The van der Waals surface area contributed by atoms with E-state index in [2.05, 4.69) is 69.3 Å². The molecule has 0 N–H and O–H groups in total. The number of hydrogen-bond acceptors (Lipinski definition) is 1. The molecule has 0 saturated carbocycles. The molecule has 0 aliphatic heterocycles. The Balaban J connectivity index is 2.10. The second-order valence-electron chi connectivity index (χ2n) is 7.70. The van der Waals surface area contributed by atoms with Gasteiger partial charge in [0.1, 0.15) is 5.82 Å². The summed E-state index contributed by atoms with van der Waals surface area (Å²) >= 11 is 5.97. The smallest absolute Gasteiger partial charge is 0.261 e. The average Bonchev–Trinajstić information content (AvgIpc) is 2.66. The van der Waals surface area contributed by atoms with Crippen molar-refractivity contribution in [3.63, 3.8) is 0 Å². The van der Waals surface area contributed by atoms with E-state index in [1.54, 1.807) is 12.1 Å². The van der Waals surface area contributed by atoms with Gasteiger partial charge in [-0.25, -0.2) is 4.39 Å². The van der Waals surface area contributed by atoms with E-state index in [-0.39, 0.29) is 10.1 Å². The summed E-state index contributed by atoms with van der Waals surface area (Å²) in [7, 11) is -2.60. The third kappa shape index (κ3) is 4.01. The van der Waals surface area contributed by atoms with Gasteiger partial charge in [0.15, 0.2) is 0 Å². The van der Waals surface area contributed by atoms with Gasteiger partial charge in [-0.15, -0.1) is 0 Å². The highest BCUT2D eigenvalue weighted by Gasteiger charge is 2.50. The monoisotopic (exact) mass is 398 g/mol. The molecule has 0 fully saturated rings. The maximum absolute atomic E-state index is 13.5. The van der Waals surface area contributed by atoms with Crippen LogP contribution in [0.3, 0.4) is 0 Å². The first-order chi connectivity index (χ1) is 12.8. The Morgan fingerprint density at radius 3 is 1.81 bits per heavy atom. The number of rotatable bonds is 5. The minimum Gasteiger partial charge on any atom is -0.403 e. The van der Waals surface area contributed by atoms with Crippen LogP contribution >= 0.6 is 11.6 Å². The summed E-state index contributed by atoms with van der Waals surface area (Å²) in [6.45, 7) is 7.08. The van der Waals surface area contributed by atoms with E-state index in [9.17, 15) is 4.39 Å². The summed E-state index contributed by atoms with van der Waals surface area (Å²) in [4.78, 5) is 0. The van der Waals surface area contributed by atoms with Gasteiger partial charge >= 0.3 is 0 Å². The first-order valence-electron chi connectivity index (χ1n) is 9.03. The highest BCUT2D eigenvalue weighted by molar-refractivity contribution is 6.99. The van der Waals surface area contributed by atoms with Crippen LogP contribution in [0.15, 0.2) is 78.9 Å². The molecule has 0 aliphatic carbocycles. The van der Waals surface area contributed by atoms with Crippen LogP contribution in [0.4, 0.5) is 4.39 Å². The molecule has 0 heterocycles. The molecule has 0 bridgehead atoms. The summed E-state index contributed by atoms with van der Waals surface area (Å²) in [5.74, 6) is -0.411.